The molecule has 12 heteroatoms. The Hall–Kier alpha value is -3.86. The molecule has 0 saturated heterocycles. The topological polar surface area (TPSA) is 130 Å². The fraction of sp³-hybridized carbons (Fsp3) is 0.304. The van der Waals surface area contributed by atoms with Crippen LogP contribution in [0.3, 0.4) is 0 Å². The van der Waals surface area contributed by atoms with E-state index in [4.69, 9.17) is 11.6 Å². The lowest BCUT2D eigenvalue weighted by Gasteiger charge is -2.41. The van der Waals surface area contributed by atoms with E-state index in [9.17, 15) is 9.59 Å². The van der Waals surface area contributed by atoms with E-state index < -0.39 is 11.8 Å². The van der Waals surface area contributed by atoms with Gasteiger partial charge in [-0.05, 0) is 59.4 Å². The maximum Gasteiger partial charge on any atom is 0.322 e. The zero-order valence-electron chi connectivity index (χ0n) is 18.9. The Morgan fingerprint density at radius 2 is 2.09 bits per heavy atom. The monoisotopic (exact) mass is 497 g/mol. The highest BCUT2D eigenvalue weighted by atomic mass is 35.5. The van der Waals surface area contributed by atoms with Gasteiger partial charge in [-0.1, -0.05) is 25.4 Å². The van der Waals surface area contributed by atoms with Crippen LogP contribution in [0.1, 0.15) is 44.0 Å². The van der Waals surface area contributed by atoms with Crippen molar-refractivity contribution in [1.29, 1.82) is 0 Å². The van der Waals surface area contributed by atoms with Crippen molar-refractivity contribution in [2.24, 2.45) is 0 Å². The van der Waals surface area contributed by atoms with E-state index in [2.05, 4.69) is 35.4 Å². The van der Waals surface area contributed by atoms with Crippen molar-refractivity contribution in [2.75, 3.05) is 5.32 Å². The van der Waals surface area contributed by atoms with Gasteiger partial charge in [0.25, 0.3) is 5.56 Å². The first kappa shape index (κ1) is 22.9. The van der Waals surface area contributed by atoms with Gasteiger partial charge in [0.1, 0.15) is 5.82 Å². The minimum Gasteiger partial charge on any atom is -0.313 e. The Balaban J connectivity index is 1.45. The summed E-state index contributed by atoms with van der Waals surface area (Å²) in [6, 6.07) is 6.35. The molecule has 1 aromatic carbocycles. The number of nitrogens with one attached hydrogen (secondary N) is 2. The number of carbonyl (C=O) groups is 1. The van der Waals surface area contributed by atoms with Crippen LogP contribution in [0.15, 0.2) is 39.8 Å². The first-order chi connectivity index (χ1) is 16.9. The highest BCUT2D eigenvalue weighted by Gasteiger charge is 2.37. The first-order valence-electron chi connectivity index (χ1n) is 11.2. The SMILES string of the molecule is CCC1Cc2cc(=O)[nH]nc2C(CC)N1C(=O)Nc1cc(Cl)c(-c2ccc3nonc3n2)cc1F. The van der Waals surface area contributed by atoms with Crippen LogP contribution in [0.2, 0.25) is 5.02 Å². The van der Waals surface area contributed by atoms with Crippen LogP contribution in [0.5, 0.6) is 0 Å². The fourth-order valence-electron chi connectivity index (χ4n) is 4.53. The van der Waals surface area contributed by atoms with Gasteiger partial charge in [0.15, 0.2) is 5.52 Å². The number of aromatic nitrogens is 5. The number of hydrogen-bond donors (Lipinski definition) is 2. The van der Waals surface area contributed by atoms with Gasteiger partial charge < -0.3 is 10.2 Å². The molecule has 180 valence electrons. The standard InChI is InChI=1S/C23H21ClFN7O3/c1-3-12-7-11-8-20(33)28-29-21(11)19(4-2)32(12)23(34)27-18-10-14(24)13(9-15(18)25)16-5-6-17-22(26-16)31-35-30-17/h5-6,8-10,12,19H,3-4,7H2,1-2H3,(H,27,34)(H,28,33). The van der Waals surface area contributed by atoms with Crippen molar-refractivity contribution in [2.45, 2.75) is 45.2 Å². The molecule has 2 amide bonds. The minimum atomic E-state index is -0.668. The molecule has 0 bridgehead atoms. The zero-order chi connectivity index (χ0) is 24.7. The Labute approximate surface area is 203 Å². The van der Waals surface area contributed by atoms with Crippen molar-refractivity contribution in [3.63, 3.8) is 0 Å². The van der Waals surface area contributed by atoms with E-state index in [0.29, 0.717) is 41.7 Å². The third-order valence-corrected chi connectivity index (χ3v) is 6.52. The molecule has 3 aromatic heterocycles. The fourth-order valence-corrected chi connectivity index (χ4v) is 4.79. The normalized spacial score (nSPS) is 17.4. The van der Waals surface area contributed by atoms with E-state index in [1.54, 1.807) is 17.0 Å². The molecule has 1 aliphatic heterocycles. The van der Waals surface area contributed by atoms with Gasteiger partial charge in [-0.25, -0.2) is 23.9 Å². The number of nitrogens with zero attached hydrogens (tertiary/aromatic N) is 5. The van der Waals surface area contributed by atoms with Gasteiger partial charge in [0.2, 0.25) is 5.65 Å². The minimum absolute atomic E-state index is 0.0575. The van der Waals surface area contributed by atoms with Gasteiger partial charge >= 0.3 is 6.03 Å². The molecule has 4 heterocycles. The van der Waals surface area contributed by atoms with Gasteiger partial charge in [-0.2, -0.15) is 5.10 Å². The van der Waals surface area contributed by atoms with Crippen LogP contribution < -0.4 is 10.9 Å². The molecule has 2 atom stereocenters. The maximum absolute atomic E-state index is 15.1. The summed E-state index contributed by atoms with van der Waals surface area (Å²) in [6.45, 7) is 3.89. The Morgan fingerprint density at radius 3 is 2.86 bits per heavy atom. The van der Waals surface area contributed by atoms with Crippen molar-refractivity contribution < 1.29 is 13.8 Å². The summed E-state index contributed by atoms with van der Waals surface area (Å²) in [5, 5.41) is 16.9. The predicted molar refractivity (Wildman–Crippen MR) is 127 cm³/mol. The van der Waals surface area contributed by atoms with Crippen LogP contribution in [-0.2, 0) is 6.42 Å². The smallest absolute Gasteiger partial charge is 0.313 e. The number of pyridine rings is 1. The molecule has 0 aliphatic carbocycles. The van der Waals surface area contributed by atoms with Crippen LogP contribution in [0.4, 0.5) is 14.9 Å². The molecule has 10 nitrogen and oxygen atoms in total. The number of anilines is 1. The molecular formula is C23H21ClFN7O3. The molecule has 0 spiro atoms. The average Bonchev–Trinajstić information content (AvgIpc) is 3.32. The van der Waals surface area contributed by atoms with Crippen molar-refractivity contribution in [3.8, 4) is 11.3 Å². The third-order valence-electron chi connectivity index (χ3n) is 6.21. The van der Waals surface area contributed by atoms with Crippen LogP contribution in [0.25, 0.3) is 22.4 Å². The number of carbonyl (C=O) groups excluding carboxylic acids is 1. The third kappa shape index (κ3) is 4.12. The van der Waals surface area contributed by atoms with Gasteiger partial charge in [0, 0.05) is 17.7 Å². The number of urea groups is 1. The molecule has 0 radical (unpaired) electrons. The van der Waals surface area contributed by atoms with Crippen molar-refractivity contribution in [3.05, 3.63) is 62.8 Å². The quantitative estimate of drug-likeness (QED) is 0.425. The molecule has 1 aliphatic rings. The molecular weight excluding hydrogens is 477 g/mol. The number of halogens is 2. The largest absolute Gasteiger partial charge is 0.322 e. The summed E-state index contributed by atoms with van der Waals surface area (Å²) in [5.41, 5.74) is 2.59. The maximum atomic E-state index is 15.1. The molecule has 4 aromatic rings. The molecule has 2 unspecified atom stereocenters. The highest BCUT2D eigenvalue weighted by Crippen LogP contribution is 2.36. The number of rotatable bonds is 4. The van der Waals surface area contributed by atoms with Crippen LogP contribution >= 0.6 is 11.6 Å². The van der Waals surface area contributed by atoms with E-state index in [0.717, 1.165) is 5.56 Å². The second-order valence-electron chi connectivity index (χ2n) is 8.29. The zero-order valence-corrected chi connectivity index (χ0v) is 19.6. The molecule has 2 N–H and O–H groups in total. The van der Waals surface area contributed by atoms with E-state index >= 15 is 4.39 Å². The Bertz CT molecular complexity index is 1490. The van der Waals surface area contributed by atoms with E-state index in [1.165, 1.54) is 18.2 Å². The number of hydrogen-bond acceptors (Lipinski definition) is 7. The number of H-pyrrole nitrogens is 1. The molecule has 5 rings (SSSR count). The summed E-state index contributed by atoms with van der Waals surface area (Å²) in [5.74, 6) is -0.668. The number of fused-ring (bicyclic) bond motifs is 2. The number of amides is 2. The second-order valence-corrected chi connectivity index (χ2v) is 8.69. The van der Waals surface area contributed by atoms with Crippen molar-refractivity contribution in [1.82, 2.24) is 30.4 Å². The van der Waals surface area contributed by atoms with Gasteiger partial charge in [-0.15, -0.1) is 0 Å². The summed E-state index contributed by atoms with van der Waals surface area (Å²) < 4.78 is 19.8. The predicted octanol–water partition coefficient (Wildman–Crippen LogP) is 4.48. The van der Waals surface area contributed by atoms with E-state index in [-0.39, 0.29) is 34.0 Å². The lowest BCUT2D eigenvalue weighted by Crippen LogP contribution is -2.49. The average molecular weight is 498 g/mol. The Morgan fingerprint density at radius 1 is 1.26 bits per heavy atom. The Kier molecular flexibility index (Phi) is 5.93. The summed E-state index contributed by atoms with van der Waals surface area (Å²) >= 11 is 6.45. The highest BCUT2D eigenvalue weighted by molar-refractivity contribution is 6.33. The number of benzene rings is 1. The van der Waals surface area contributed by atoms with Gasteiger partial charge in [0.05, 0.1) is 28.1 Å². The second kappa shape index (κ2) is 9.06. The lowest BCUT2D eigenvalue weighted by atomic mass is 9.90. The lowest BCUT2D eigenvalue weighted by molar-refractivity contribution is 0.135. The summed E-state index contributed by atoms with van der Waals surface area (Å²) in [7, 11) is 0. The van der Waals surface area contributed by atoms with Crippen LogP contribution in [-0.4, -0.2) is 42.5 Å². The molecule has 0 saturated carbocycles. The molecule has 0 fully saturated rings. The van der Waals surface area contributed by atoms with Gasteiger partial charge in [-0.3, -0.25) is 4.79 Å². The first-order valence-corrected chi connectivity index (χ1v) is 11.5. The summed E-state index contributed by atoms with van der Waals surface area (Å²) in [4.78, 5) is 31.1. The van der Waals surface area contributed by atoms with Crippen molar-refractivity contribution >= 4 is 34.5 Å². The van der Waals surface area contributed by atoms with E-state index in [1.807, 2.05) is 13.8 Å². The summed E-state index contributed by atoms with van der Waals surface area (Å²) in [6.07, 6.45) is 1.71. The number of aromatic amines is 1. The molecule has 35 heavy (non-hydrogen) atoms. The van der Waals surface area contributed by atoms with Crippen LogP contribution in [0, 0.1) is 5.82 Å².